The van der Waals surface area contributed by atoms with E-state index in [9.17, 15) is 13.2 Å². The minimum Gasteiger partial charge on any atom is -0.465 e. The molecule has 0 saturated carbocycles. The summed E-state index contributed by atoms with van der Waals surface area (Å²) in [4.78, 5) is 11.8. The molecule has 2 heterocycles. The van der Waals surface area contributed by atoms with Crippen molar-refractivity contribution in [2.45, 2.75) is 18.2 Å². The summed E-state index contributed by atoms with van der Waals surface area (Å²) in [6.45, 7) is 3.78. The van der Waals surface area contributed by atoms with Crippen molar-refractivity contribution in [2.24, 2.45) is 5.92 Å². The number of methoxy groups -OCH3 is 1. The quantitative estimate of drug-likeness (QED) is 0.775. The van der Waals surface area contributed by atoms with Crippen molar-refractivity contribution in [1.29, 1.82) is 0 Å². The van der Waals surface area contributed by atoms with Crippen LogP contribution in [0.1, 0.15) is 21.7 Å². The Balaban J connectivity index is 0.00000220. The molecule has 9 heteroatoms. The van der Waals surface area contributed by atoms with E-state index in [2.05, 4.69) is 14.8 Å². The average Bonchev–Trinajstić information content (AvgIpc) is 3.04. The number of ether oxygens (including phenoxy) is 1. The minimum atomic E-state index is -3.69. The van der Waals surface area contributed by atoms with E-state index < -0.39 is 16.0 Å². The number of esters is 1. The fourth-order valence-corrected chi connectivity index (χ4v) is 5.01. The molecule has 1 fully saturated rings. The van der Waals surface area contributed by atoms with E-state index >= 15 is 0 Å². The molecule has 1 aromatic heterocycles. The number of carbonyl (C=O) groups excluding carboxylic acids is 1. The Morgan fingerprint density at radius 1 is 1.57 bits per heavy atom. The molecule has 0 bridgehead atoms. The van der Waals surface area contributed by atoms with Gasteiger partial charge in [-0.05, 0) is 43.3 Å². The molecule has 1 aliphatic heterocycles. The third-order valence-corrected chi connectivity index (χ3v) is 6.10. The van der Waals surface area contributed by atoms with Crippen LogP contribution < -0.4 is 10.0 Å². The van der Waals surface area contributed by atoms with Gasteiger partial charge in [0.1, 0.15) is 9.77 Å². The lowest BCUT2D eigenvalue weighted by atomic mass is 10.1. The standard InChI is InChI=1S/C12H18N2O4S2.ClH/c1-8-7-19-10(12(15)18-2)11(8)20(16,17)14-6-9-3-4-13-5-9;/h7,9,13-14H,3-6H2,1-2H3;1H. The number of halogens is 1. The summed E-state index contributed by atoms with van der Waals surface area (Å²) in [6, 6.07) is 0. The van der Waals surface area contributed by atoms with Crippen molar-refractivity contribution in [3.8, 4) is 0 Å². The van der Waals surface area contributed by atoms with Crippen LogP contribution >= 0.6 is 23.7 Å². The van der Waals surface area contributed by atoms with Gasteiger partial charge in [-0.2, -0.15) is 0 Å². The molecule has 1 saturated heterocycles. The second kappa shape index (κ2) is 7.55. The number of rotatable bonds is 5. The van der Waals surface area contributed by atoms with Crippen LogP contribution in [0, 0.1) is 12.8 Å². The van der Waals surface area contributed by atoms with Crippen molar-refractivity contribution >= 4 is 39.7 Å². The number of sulfonamides is 1. The first-order valence-corrected chi connectivity index (χ1v) is 8.68. The highest BCUT2D eigenvalue weighted by molar-refractivity contribution is 7.89. The predicted octanol–water partition coefficient (Wildman–Crippen LogP) is 1.15. The molecule has 0 radical (unpaired) electrons. The molecule has 6 nitrogen and oxygen atoms in total. The zero-order valence-corrected chi connectivity index (χ0v) is 14.3. The molecule has 2 N–H and O–H groups in total. The van der Waals surface area contributed by atoms with E-state index in [1.54, 1.807) is 12.3 Å². The van der Waals surface area contributed by atoms with E-state index in [0.717, 1.165) is 30.8 Å². The maximum Gasteiger partial charge on any atom is 0.349 e. The number of hydrogen-bond acceptors (Lipinski definition) is 6. The Morgan fingerprint density at radius 3 is 2.86 bits per heavy atom. The Morgan fingerprint density at radius 2 is 2.29 bits per heavy atom. The van der Waals surface area contributed by atoms with Crippen LogP contribution in [-0.4, -0.2) is 41.1 Å². The van der Waals surface area contributed by atoms with Crippen LogP contribution in [-0.2, 0) is 14.8 Å². The molecule has 120 valence electrons. The smallest absolute Gasteiger partial charge is 0.349 e. The molecule has 1 aromatic rings. The van der Waals surface area contributed by atoms with Crippen molar-refractivity contribution in [1.82, 2.24) is 10.0 Å². The zero-order valence-electron chi connectivity index (χ0n) is 11.8. The summed E-state index contributed by atoms with van der Waals surface area (Å²) < 4.78 is 32.0. The Kier molecular flexibility index (Phi) is 6.61. The maximum absolute atomic E-state index is 12.4. The van der Waals surface area contributed by atoms with Gasteiger partial charge in [0.25, 0.3) is 0 Å². The number of aryl methyl sites for hydroxylation is 1. The molecule has 21 heavy (non-hydrogen) atoms. The molecule has 0 spiro atoms. The van der Waals surface area contributed by atoms with E-state index in [-0.39, 0.29) is 22.2 Å². The average molecular weight is 355 g/mol. The SMILES string of the molecule is COC(=O)c1scc(C)c1S(=O)(=O)NCC1CCNC1.Cl. The topological polar surface area (TPSA) is 84.5 Å². The number of hydrogen-bond donors (Lipinski definition) is 2. The summed E-state index contributed by atoms with van der Waals surface area (Å²) in [5.41, 5.74) is 0.562. The molecule has 1 aliphatic rings. The molecule has 1 atom stereocenters. The highest BCUT2D eigenvalue weighted by atomic mass is 35.5. The normalized spacial score (nSPS) is 18.3. The second-order valence-electron chi connectivity index (χ2n) is 4.78. The van der Waals surface area contributed by atoms with Gasteiger partial charge in [-0.3, -0.25) is 0 Å². The van der Waals surface area contributed by atoms with Crippen LogP contribution in [0.5, 0.6) is 0 Å². The van der Waals surface area contributed by atoms with Gasteiger partial charge in [-0.1, -0.05) is 0 Å². The molecule has 1 unspecified atom stereocenters. The van der Waals surface area contributed by atoms with Gasteiger partial charge in [0.15, 0.2) is 0 Å². The first-order valence-electron chi connectivity index (χ1n) is 6.32. The Hall–Kier alpha value is -0.670. The third kappa shape index (κ3) is 4.17. The van der Waals surface area contributed by atoms with Crippen molar-refractivity contribution in [3.05, 3.63) is 15.8 Å². The lowest BCUT2D eigenvalue weighted by Crippen LogP contribution is -2.31. The van der Waals surface area contributed by atoms with Crippen LogP contribution in [0.15, 0.2) is 10.3 Å². The summed E-state index contributed by atoms with van der Waals surface area (Å²) in [5.74, 6) is -0.323. The fraction of sp³-hybridized carbons (Fsp3) is 0.583. The Labute approximate surface area is 134 Å². The van der Waals surface area contributed by atoms with Crippen molar-refractivity contribution in [2.75, 3.05) is 26.7 Å². The summed E-state index contributed by atoms with van der Waals surface area (Å²) in [6.07, 6.45) is 0.953. The lowest BCUT2D eigenvalue weighted by Gasteiger charge is -2.11. The van der Waals surface area contributed by atoms with E-state index in [0.29, 0.717) is 18.0 Å². The maximum atomic E-state index is 12.4. The monoisotopic (exact) mass is 354 g/mol. The molecule has 0 amide bonds. The number of carbonyl (C=O) groups is 1. The van der Waals surface area contributed by atoms with E-state index in [1.165, 1.54) is 7.11 Å². The van der Waals surface area contributed by atoms with Crippen molar-refractivity contribution in [3.63, 3.8) is 0 Å². The van der Waals surface area contributed by atoms with Crippen LogP contribution in [0.3, 0.4) is 0 Å². The van der Waals surface area contributed by atoms with Crippen LogP contribution in [0.4, 0.5) is 0 Å². The Bertz CT molecular complexity index is 594. The molecule has 2 rings (SSSR count). The van der Waals surface area contributed by atoms with E-state index in [4.69, 9.17) is 0 Å². The van der Waals surface area contributed by atoms with Gasteiger partial charge in [0, 0.05) is 6.54 Å². The van der Waals surface area contributed by atoms with Gasteiger partial charge in [0.05, 0.1) is 7.11 Å². The first-order chi connectivity index (χ1) is 9.45. The van der Waals surface area contributed by atoms with Gasteiger partial charge < -0.3 is 10.1 Å². The number of nitrogens with one attached hydrogen (secondary N) is 2. The lowest BCUT2D eigenvalue weighted by molar-refractivity contribution is 0.0602. The first kappa shape index (κ1) is 18.4. The largest absolute Gasteiger partial charge is 0.465 e. The summed E-state index contributed by atoms with van der Waals surface area (Å²) >= 11 is 1.09. The molecule has 0 aliphatic carbocycles. The summed E-state index contributed by atoms with van der Waals surface area (Å²) in [7, 11) is -2.45. The highest BCUT2D eigenvalue weighted by Crippen LogP contribution is 2.27. The highest BCUT2D eigenvalue weighted by Gasteiger charge is 2.28. The van der Waals surface area contributed by atoms with Gasteiger partial charge in [-0.15, -0.1) is 23.7 Å². The van der Waals surface area contributed by atoms with Gasteiger partial charge in [-0.25, -0.2) is 17.9 Å². The van der Waals surface area contributed by atoms with Crippen LogP contribution in [0.2, 0.25) is 0 Å². The molecule has 0 aromatic carbocycles. The minimum absolute atomic E-state index is 0. The molecular weight excluding hydrogens is 336 g/mol. The van der Waals surface area contributed by atoms with Crippen LogP contribution in [0.25, 0.3) is 0 Å². The number of thiophene rings is 1. The predicted molar refractivity (Wildman–Crippen MR) is 83.8 cm³/mol. The molecular formula is C12H19ClN2O4S2. The fourth-order valence-electron chi connectivity index (χ4n) is 2.19. The van der Waals surface area contributed by atoms with Crippen molar-refractivity contribution < 1.29 is 17.9 Å². The van der Waals surface area contributed by atoms with E-state index in [1.807, 2.05) is 0 Å². The third-order valence-electron chi connectivity index (χ3n) is 3.28. The van der Waals surface area contributed by atoms with Gasteiger partial charge >= 0.3 is 5.97 Å². The second-order valence-corrected chi connectivity index (χ2v) is 7.36. The van der Waals surface area contributed by atoms with Gasteiger partial charge in [0.2, 0.25) is 10.0 Å². The zero-order chi connectivity index (χ0) is 14.8. The summed E-state index contributed by atoms with van der Waals surface area (Å²) in [5, 5.41) is 4.84.